The van der Waals surface area contributed by atoms with Crippen LogP contribution in [-0.2, 0) is 4.74 Å². The monoisotopic (exact) mass is 365 g/mol. The van der Waals surface area contributed by atoms with E-state index >= 15 is 0 Å². The zero-order valence-corrected chi connectivity index (χ0v) is 13.9. The minimum Gasteiger partial charge on any atom is -0.383 e. The zero-order valence-electron chi connectivity index (χ0n) is 13.2. The van der Waals surface area contributed by atoms with Crippen molar-refractivity contribution in [2.24, 2.45) is 5.73 Å². The lowest BCUT2D eigenvalue weighted by Gasteiger charge is -2.18. The van der Waals surface area contributed by atoms with Gasteiger partial charge in [0.1, 0.15) is 17.5 Å². The van der Waals surface area contributed by atoms with Gasteiger partial charge in [0.05, 0.1) is 34.3 Å². The summed E-state index contributed by atoms with van der Waals surface area (Å²) < 4.78 is 33.4. The van der Waals surface area contributed by atoms with Gasteiger partial charge in [0.2, 0.25) is 0 Å². The molecule has 0 radical (unpaired) electrons. The van der Waals surface area contributed by atoms with Crippen LogP contribution in [0.4, 0.5) is 8.78 Å². The Balaban J connectivity index is 2.41. The number of ether oxygens (including phenoxy) is 1. The molecule has 2 aromatic carbocycles. The summed E-state index contributed by atoms with van der Waals surface area (Å²) >= 11 is 6.12. The van der Waals surface area contributed by atoms with Crippen LogP contribution in [0.3, 0.4) is 0 Å². The minimum atomic E-state index is -0.826. The normalized spacial score (nSPS) is 12.5. The summed E-state index contributed by atoms with van der Waals surface area (Å²) in [5.41, 5.74) is 5.79. The topological polar surface area (TPSA) is 70.1 Å². The molecule has 0 amide bonds. The van der Waals surface area contributed by atoms with Crippen LogP contribution in [0.25, 0.3) is 16.6 Å². The van der Waals surface area contributed by atoms with Crippen molar-refractivity contribution >= 4 is 22.5 Å². The van der Waals surface area contributed by atoms with Crippen molar-refractivity contribution in [2.75, 3.05) is 13.7 Å². The first-order valence-electron chi connectivity index (χ1n) is 7.34. The third-order valence-electron chi connectivity index (χ3n) is 3.66. The van der Waals surface area contributed by atoms with Gasteiger partial charge < -0.3 is 10.5 Å². The highest BCUT2D eigenvalue weighted by Gasteiger charge is 2.20. The molecule has 0 saturated carbocycles. The molecule has 3 aromatic rings. The van der Waals surface area contributed by atoms with Crippen molar-refractivity contribution in [3.8, 4) is 5.69 Å². The lowest BCUT2D eigenvalue weighted by Crippen LogP contribution is -2.30. The van der Waals surface area contributed by atoms with Crippen LogP contribution < -0.4 is 11.3 Å². The van der Waals surface area contributed by atoms with Crippen LogP contribution in [-0.4, -0.2) is 23.3 Å². The number of nitrogens with zero attached hydrogens (tertiary/aromatic N) is 2. The fourth-order valence-corrected chi connectivity index (χ4v) is 2.88. The fraction of sp³-hybridized carbons (Fsp3) is 0.176. The van der Waals surface area contributed by atoms with Crippen molar-refractivity contribution < 1.29 is 13.5 Å². The molecule has 0 bridgehead atoms. The van der Waals surface area contributed by atoms with Gasteiger partial charge in [0.15, 0.2) is 0 Å². The number of fused-ring (bicyclic) bond motifs is 1. The summed E-state index contributed by atoms with van der Waals surface area (Å²) in [4.78, 5) is 17.4. The van der Waals surface area contributed by atoms with Gasteiger partial charge in [-0.3, -0.25) is 9.36 Å². The summed E-state index contributed by atoms with van der Waals surface area (Å²) in [5.74, 6) is -1.54. The zero-order chi connectivity index (χ0) is 18.1. The number of benzene rings is 2. The summed E-state index contributed by atoms with van der Waals surface area (Å²) in [6.07, 6.45) is 0. The molecule has 0 aliphatic carbocycles. The molecule has 0 saturated heterocycles. The Morgan fingerprint density at radius 3 is 2.60 bits per heavy atom. The van der Waals surface area contributed by atoms with Gasteiger partial charge in [-0.05, 0) is 24.3 Å². The van der Waals surface area contributed by atoms with E-state index < -0.39 is 23.2 Å². The second-order valence-corrected chi connectivity index (χ2v) is 5.84. The van der Waals surface area contributed by atoms with E-state index in [-0.39, 0.29) is 28.5 Å². The number of halogens is 3. The summed E-state index contributed by atoms with van der Waals surface area (Å²) in [6.45, 7) is 0.0658. The highest BCUT2D eigenvalue weighted by Crippen LogP contribution is 2.23. The van der Waals surface area contributed by atoms with Crippen molar-refractivity contribution in [3.05, 3.63) is 69.2 Å². The molecule has 3 rings (SSSR count). The van der Waals surface area contributed by atoms with E-state index in [1.54, 1.807) is 12.1 Å². The molecule has 25 heavy (non-hydrogen) atoms. The van der Waals surface area contributed by atoms with E-state index in [0.717, 1.165) is 16.7 Å². The Morgan fingerprint density at radius 2 is 1.96 bits per heavy atom. The Labute approximate surface area is 146 Å². The maximum absolute atomic E-state index is 13.7. The fourth-order valence-electron chi connectivity index (χ4n) is 2.63. The van der Waals surface area contributed by atoms with Crippen LogP contribution in [0.1, 0.15) is 11.9 Å². The van der Waals surface area contributed by atoms with Crippen LogP contribution in [0.15, 0.2) is 41.2 Å². The Hall–Kier alpha value is -2.35. The molecule has 0 unspecified atom stereocenters. The lowest BCUT2D eigenvalue weighted by molar-refractivity contribution is 0.177. The highest BCUT2D eigenvalue weighted by molar-refractivity contribution is 6.35. The van der Waals surface area contributed by atoms with Crippen LogP contribution >= 0.6 is 11.6 Å². The molecule has 0 aliphatic rings. The van der Waals surface area contributed by atoms with Gasteiger partial charge in [-0.15, -0.1) is 0 Å². The molecule has 1 aromatic heterocycles. The van der Waals surface area contributed by atoms with E-state index in [9.17, 15) is 13.6 Å². The minimum absolute atomic E-state index is 0.0293. The SMILES string of the molecule is COC[C@H](N)c1nc2cccc(Cl)c2c(=O)n1-c1cc(F)cc(F)c1. The standard InChI is InChI=1S/C17H14ClF2N3O2/c1-25-8-13(21)16-22-14-4-2-3-12(18)15(14)17(24)23(16)11-6-9(19)5-10(20)7-11/h2-7,13H,8,21H2,1H3/t13-/m0/s1. The van der Waals surface area contributed by atoms with Gasteiger partial charge >= 0.3 is 0 Å². The lowest BCUT2D eigenvalue weighted by atomic mass is 10.2. The summed E-state index contributed by atoms with van der Waals surface area (Å²) in [7, 11) is 1.45. The van der Waals surface area contributed by atoms with Crippen molar-refractivity contribution in [2.45, 2.75) is 6.04 Å². The molecule has 5 nitrogen and oxygen atoms in total. The number of methoxy groups -OCH3 is 1. The predicted octanol–water partition coefficient (Wildman–Crippen LogP) is 2.96. The molecule has 130 valence electrons. The Bertz CT molecular complexity index is 987. The summed E-state index contributed by atoms with van der Waals surface area (Å²) in [6, 6.07) is 6.78. The number of hydrogen-bond acceptors (Lipinski definition) is 4. The Kier molecular flexibility index (Phi) is 4.80. The molecule has 8 heteroatoms. The average Bonchev–Trinajstić information content (AvgIpc) is 2.53. The van der Waals surface area contributed by atoms with Crippen LogP contribution in [0.2, 0.25) is 5.02 Å². The summed E-state index contributed by atoms with van der Waals surface area (Å²) in [5, 5.41) is 0.328. The second-order valence-electron chi connectivity index (χ2n) is 5.43. The van der Waals surface area contributed by atoms with Gasteiger partial charge in [-0.25, -0.2) is 13.8 Å². The van der Waals surface area contributed by atoms with Gasteiger partial charge in [-0.2, -0.15) is 0 Å². The number of aromatic nitrogens is 2. The molecular formula is C17H14ClF2N3O2. The Morgan fingerprint density at radius 1 is 1.28 bits per heavy atom. The number of nitrogens with two attached hydrogens (primary N) is 1. The highest BCUT2D eigenvalue weighted by atomic mass is 35.5. The largest absolute Gasteiger partial charge is 0.383 e. The molecular weight excluding hydrogens is 352 g/mol. The molecule has 0 aliphatic heterocycles. The van der Waals surface area contributed by atoms with E-state index in [4.69, 9.17) is 22.1 Å². The average molecular weight is 366 g/mol. The predicted molar refractivity (Wildman–Crippen MR) is 91.1 cm³/mol. The molecule has 1 heterocycles. The van der Waals surface area contributed by atoms with Crippen LogP contribution in [0.5, 0.6) is 0 Å². The molecule has 0 spiro atoms. The third-order valence-corrected chi connectivity index (χ3v) is 3.97. The maximum atomic E-state index is 13.7. The molecule has 1 atom stereocenters. The van der Waals surface area contributed by atoms with Crippen molar-refractivity contribution in [3.63, 3.8) is 0 Å². The first kappa shape index (κ1) is 17.5. The van der Waals surface area contributed by atoms with E-state index in [1.165, 1.54) is 13.2 Å². The second kappa shape index (κ2) is 6.87. The van der Waals surface area contributed by atoms with Gasteiger partial charge in [0.25, 0.3) is 5.56 Å². The van der Waals surface area contributed by atoms with Gasteiger partial charge in [0, 0.05) is 13.2 Å². The number of rotatable bonds is 4. The van der Waals surface area contributed by atoms with Crippen molar-refractivity contribution in [1.82, 2.24) is 9.55 Å². The number of hydrogen-bond donors (Lipinski definition) is 1. The first-order valence-corrected chi connectivity index (χ1v) is 7.72. The molecule has 0 fully saturated rings. The van der Waals surface area contributed by atoms with Crippen molar-refractivity contribution in [1.29, 1.82) is 0 Å². The third kappa shape index (κ3) is 3.26. The van der Waals surface area contributed by atoms with E-state index in [2.05, 4.69) is 4.98 Å². The van der Waals surface area contributed by atoms with E-state index in [1.807, 2.05) is 0 Å². The quantitative estimate of drug-likeness (QED) is 0.771. The maximum Gasteiger partial charge on any atom is 0.267 e. The van der Waals surface area contributed by atoms with E-state index in [0.29, 0.717) is 11.6 Å². The molecule has 2 N–H and O–H groups in total. The van der Waals surface area contributed by atoms with Gasteiger partial charge in [-0.1, -0.05) is 17.7 Å². The van der Waals surface area contributed by atoms with Crippen LogP contribution in [0, 0.1) is 11.6 Å². The first-order chi connectivity index (χ1) is 11.9. The smallest absolute Gasteiger partial charge is 0.267 e.